The lowest BCUT2D eigenvalue weighted by atomic mass is 10.2. The van der Waals surface area contributed by atoms with E-state index in [0.29, 0.717) is 32.3 Å². The first-order valence-corrected chi connectivity index (χ1v) is 9.26. The summed E-state index contributed by atoms with van der Waals surface area (Å²) in [6.45, 7) is 2.16. The molecule has 138 valence electrons. The van der Waals surface area contributed by atoms with Gasteiger partial charge in [-0.2, -0.15) is 5.10 Å². The first kappa shape index (κ1) is 19.2. The van der Waals surface area contributed by atoms with Gasteiger partial charge in [-0.25, -0.2) is 5.43 Å². The first-order chi connectivity index (χ1) is 13.0. The number of rotatable bonds is 6. The van der Waals surface area contributed by atoms with Gasteiger partial charge < -0.3 is 9.15 Å². The Morgan fingerprint density at radius 2 is 2.04 bits per heavy atom. The van der Waals surface area contributed by atoms with Gasteiger partial charge in [0.25, 0.3) is 5.91 Å². The van der Waals surface area contributed by atoms with E-state index < -0.39 is 0 Å². The van der Waals surface area contributed by atoms with Gasteiger partial charge in [0.15, 0.2) is 0 Å². The fourth-order valence-corrected chi connectivity index (χ4v) is 3.09. The lowest BCUT2D eigenvalue weighted by Crippen LogP contribution is -2.17. The molecule has 1 amide bonds. The average Bonchev–Trinajstić information content (AvgIpc) is 3.09. The lowest BCUT2D eigenvalue weighted by molar-refractivity contribution is 0.0954. The van der Waals surface area contributed by atoms with Gasteiger partial charge in [0.1, 0.15) is 23.9 Å². The lowest BCUT2D eigenvalue weighted by Gasteiger charge is -2.09. The molecule has 27 heavy (non-hydrogen) atoms. The van der Waals surface area contributed by atoms with Gasteiger partial charge in [0.05, 0.1) is 16.8 Å². The summed E-state index contributed by atoms with van der Waals surface area (Å²) in [5, 5.41) is 4.47. The van der Waals surface area contributed by atoms with Gasteiger partial charge in [0, 0.05) is 4.47 Å². The molecule has 0 bridgehead atoms. The van der Waals surface area contributed by atoms with E-state index in [4.69, 9.17) is 20.8 Å². The molecule has 0 spiro atoms. The Balaban J connectivity index is 1.57. The molecule has 0 aliphatic rings. The molecule has 7 heteroatoms. The number of furan rings is 1. The van der Waals surface area contributed by atoms with E-state index in [1.54, 1.807) is 36.4 Å². The molecule has 0 radical (unpaired) electrons. The largest absolute Gasteiger partial charge is 0.484 e. The van der Waals surface area contributed by atoms with E-state index >= 15 is 0 Å². The predicted molar refractivity (Wildman–Crippen MR) is 108 cm³/mol. The van der Waals surface area contributed by atoms with Crippen LogP contribution in [0.4, 0.5) is 0 Å². The minimum Gasteiger partial charge on any atom is -0.484 e. The van der Waals surface area contributed by atoms with Crippen molar-refractivity contribution in [3.8, 4) is 5.75 Å². The molecule has 0 unspecified atom stereocenters. The maximum Gasteiger partial charge on any atom is 0.272 e. The molecule has 0 aliphatic heterocycles. The summed E-state index contributed by atoms with van der Waals surface area (Å²) in [5.41, 5.74) is 3.91. The van der Waals surface area contributed by atoms with Crippen LogP contribution in [-0.2, 0) is 6.61 Å². The third-order valence-electron chi connectivity index (χ3n) is 3.68. The Hall–Kier alpha value is -2.57. The van der Waals surface area contributed by atoms with Crippen LogP contribution >= 0.6 is 27.5 Å². The topological polar surface area (TPSA) is 63.8 Å². The normalized spacial score (nSPS) is 10.9. The molecule has 0 aliphatic carbocycles. The number of nitrogens with zero attached hydrogens (tertiary/aromatic N) is 1. The number of aryl methyl sites for hydroxylation is 1. The molecule has 0 saturated carbocycles. The molecule has 1 heterocycles. The second-order valence-corrected chi connectivity index (χ2v) is 6.92. The zero-order chi connectivity index (χ0) is 19.2. The van der Waals surface area contributed by atoms with Crippen LogP contribution < -0.4 is 10.2 Å². The Morgan fingerprint density at radius 1 is 1.22 bits per heavy atom. The fraction of sp³-hybridized carbons (Fsp3) is 0.100. The molecule has 1 aromatic heterocycles. The van der Waals surface area contributed by atoms with Gasteiger partial charge in [-0.1, -0.05) is 35.9 Å². The number of nitrogens with one attached hydrogen (secondary N) is 1. The smallest absolute Gasteiger partial charge is 0.272 e. The highest BCUT2D eigenvalue weighted by atomic mass is 79.9. The Kier molecular flexibility index (Phi) is 6.32. The van der Waals surface area contributed by atoms with Crippen LogP contribution in [0, 0.1) is 6.92 Å². The Bertz CT molecular complexity index is 965. The van der Waals surface area contributed by atoms with Crippen molar-refractivity contribution < 1.29 is 13.9 Å². The molecule has 3 aromatic rings. The molecular formula is C20H16BrClN2O3. The van der Waals surface area contributed by atoms with Crippen LogP contribution in [0.2, 0.25) is 5.02 Å². The summed E-state index contributed by atoms with van der Waals surface area (Å²) >= 11 is 9.47. The summed E-state index contributed by atoms with van der Waals surface area (Å²) in [4.78, 5) is 12.1. The fourth-order valence-electron chi connectivity index (χ4n) is 2.34. The van der Waals surface area contributed by atoms with Crippen molar-refractivity contribution in [3.63, 3.8) is 0 Å². The molecule has 2 aromatic carbocycles. The minimum absolute atomic E-state index is 0.238. The molecule has 1 N–H and O–H groups in total. The third kappa shape index (κ3) is 4.99. The van der Waals surface area contributed by atoms with Crippen LogP contribution in [0.25, 0.3) is 0 Å². The minimum atomic E-state index is -0.317. The average molecular weight is 448 g/mol. The maximum absolute atomic E-state index is 12.1. The zero-order valence-corrected chi connectivity index (χ0v) is 16.8. The van der Waals surface area contributed by atoms with E-state index in [9.17, 15) is 4.79 Å². The van der Waals surface area contributed by atoms with Crippen molar-refractivity contribution in [2.45, 2.75) is 13.5 Å². The van der Waals surface area contributed by atoms with Crippen molar-refractivity contribution in [1.82, 2.24) is 5.43 Å². The number of hydrogen-bond donors (Lipinski definition) is 1. The molecule has 3 rings (SSSR count). The van der Waals surface area contributed by atoms with E-state index in [0.717, 1.165) is 5.56 Å². The molecule has 0 fully saturated rings. The number of hydrogen-bond acceptors (Lipinski definition) is 4. The zero-order valence-electron chi connectivity index (χ0n) is 14.4. The monoisotopic (exact) mass is 446 g/mol. The third-order valence-corrected chi connectivity index (χ3v) is 4.67. The number of carbonyl (C=O) groups excluding carboxylic acids is 1. The maximum atomic E-state index is 12.1. The van der Waals surface area contributed by atoms with Crippen LogP contribution in [-0.4, -0.2) is 12.1 Å². The highest BCUT2D eigenvalue weighted by Crippen LogP contribution is 2.28. The standard InChI is InChI=1S/C20H16BrClN2O3/c1-13-5-4-8-18(22)19(13)26-12-15-10-9-14(27-15)11-23-24-20(25)16-6-2-3-7-17(16)21/h2-11H,12H2,1H3,(H,24,25)/b23-11-. The quantitative estimate of drug-likeness (QED) is 0.409. The van der Waals surface area contributed by atoms with Gasteiger partial charge in [0.2, 0.25) is 0 Å². The summed E-state index contributed by atoms with van der Waals surface area (Å²) in [6.07, 6.45) is 1.43. The summed E-state index contributed by atoms with van der Waals surface area (Å²) in [6, 6.07) is 16.2. The highest BCUT2D eigenvalue weighted by Gasteiger charge is 2.09. The van der Waals surface area contributed by atoms with E-state index in [1.807, 2.05) is 25.1 Å². The van der Waals surface area contributed by atoms with Crippen LogP contribution in [0.1, 0.15) is 27.4 Å². The van der Waals surface area contributed by atoms with Crippen molar-refractivity contribution >= 4 is 39.7 Å². The van der Waals surface area contributed by atoms with Crippen LogP contribution in [0.3, 0.4) is 0 Å². The summed E-state index contributed by atoms with van der Waals surface area (Å²) < 4.78 is 12.1. The molecule has 5 nitrogen and oxygen atoms in total. The second kappa shape index (κ2) is 8.88. The van der Waals surface area contributed by atoms with Crippen molar-refractivity contribution in [1.29, 1.82) is 0 Å². The van der Waals surface area contributed by atoms with Crippen LogP contribution in [0.5, 0.6) is 5.75 Å². The predicted octanol–water partition coefficient (Wildman–Crippen LogP) is 5.35. The van der Waals surface area contributed by atoms with Gasteiger partial charge in [-0.3, -0.25) is 4.79 Å². The molecule has 0 atom stereocenters. The number of benzene rings is 2. The summed E-state index contributed by atoms with van der Waals surface area (Å²) in [7, 11) is 0. The van der Waals surface area contributed by atoms with Gasteiger partial charge in [-0.05, 0) is 58.7 Å². The number of ether oxygens (including phenoxy) is 1. The van der Waals surface area contributed by atoms with Crippen molar-refractivity contribution in [2.24, 2.45) is 5.10 Å². The number of para-hydroxylation sites is 1. The van der Waals surface area contributed by atoms with Crippen molar-refractivity contribution in [3.05, 3.63) is 86.7 Å². The number of halogens is 2. The Labute approximate surface area is 170 Å². The Morgan fingerprint density at radius 3 is 2.81 bits per heavy atom. The highest BCUT2D eigenvalue weighted by molar-refractivity contribution is 9.10. The summed E-state index contributed by atoms with van der Waals surface area (Å²) in [5.74, 6) is 1.43. The number of carbonyl (C=O) groups is 1. The van der Waals surface area contributed by atoms with Gasteiger partial charge in [-0.15, -0.1) is 0 Å². The molecule has 0 saturated heterocycles. The van der Waals surface area contributed by atoms with Crippen molar-refractivity contribution in [2.75, 3.05) is 0 Å². The van der Waals surface area contributed by atoms with Crippen LogP contribution in [0.15, 0.2) is 68.6 Å². The SMILES string of the molecule is Cc1cccc(Cl)c1OCc1ccc(/C=N\NC(=O)c2ccccc2Br)o1. The number of amides is 1. The molecular weight excluding hydrogens is 432 g/mol. The number of hydrazone groups is 1. The second-order valence-electron chi connectivity index (χ2n) is 5.66. The first-order valence-electron chi connectivity index (χ1n) is 8.09. The van der Waals surface area contributed by atoms with E-state index in [2.05, 4.69) is 26.5 Å². The van der Waals surface area contributed by atoms with E-state index in [1.165, 1.54) is 6.21 Å². The van der Waals surface area contributed by atoms with Gasteiger partial charge >= 0.3 is 0 Å². The van der Waals surface area contributed by atoms with E-state index in [-0.39, 0.29) is 12.5 Å².